The summed E-state index contributed by atoms with van der Waals surface area (Å²) in [6.45, 7) is 4.44. The van der Waals surface area contributed by atoms with Crippen molar-refractivity contribution in [2.24, 2.45) is 0 Å². The van der Waals surface area contributed by atoms with Gasteiger partial charge in [-0.2, -0.15) is 0 Å². The molecular formula is C27H31N3O2. The molecule has 0 spiro atoms. The van der Waals surface area contributed by atoms with E-state index in [4.69, 9.17) is 0 Å². The van der Waals surface area contributed by atoms with Crippen molar-refractivity contribution in [2.45, 2.75) is 70.5 Å². The number of benzene rings is 2. The molecule has 0 bridgehead atoms. The molecule has 2 aliphatic rings. The Hall–Kier alpha value is -3.08. The molecule has 32 heavy (non-hydrogen) atoms. The summed E-state index contributed by atoms with van der Waals surface area (Å²) in [6.07, 6.45) is 6.43. The van der Waals surface area contributed by atoms with Gasteiger partial charge >= 0.3 is 0 Å². The molecule has 5 rings (SSSR count). The van der Waals surface area contributed by atoms with Crippen LogP contribution in [0.2, 0.25) is 0 Å². The second-order valence-corrected chi connectivity index (χ2v) is 9.42. The van der Waals surface area contributed by atoms with Crippen molar-refractivity contribution in [3.8, 4) is 0 Å². The Bertz CT molecular complexity index is 1170. The Morgan fingerprint density at radius 3 is 2.62 bits per heavy atom. The number of nitrogens with zero attached hydrogens (tertiary/aromatic N) is 2. The molecule has 1 fully saturated rings. The predicted octanol–water partition coefficient (Wildman–Crippen LogP) is 5.07. The molecule has 2 aromatic carbocycles. The maximum absolute atomic E-state index is 13.9. The van der Waals surface area contributed by atoms with E-state index in [2.05, 4.69) is 18.3 Å². The lowest BCUT2D eigenvalue weighted by Gasteiger charge is -2.45. The minimum atomic E-state index is -1.02. The third-order valence-corrected chi connectivity index (χ3v) is 7.20. The van der Waals surface area contributed by atoms with Crippen LogP contribution in [-0.4, -0.2) is 28.0 Å². The van der Waals surface area contributed by atoms with Crippen LogP contribution in [-0.2, 0) is 17.8 Å². The molecule has 0 unspecified atom stereocenters. The SMILES string of the molecule is CCc1cccc(N2C(=O)c3cc4ccccc4n3C[C@@]2(C)C(=O)NC2CCCCC2)c1. The summed E-state index contributed by atoms with van der Waals surface area (Å²) in [5.74, 6) is -0.190. The van der Waals surface area contributed by atoms with E-state index in [0.29, 0.717) is 12.2 Å². The van der Waals surface area contributed by atoms with Crippen LogP contribution in [0.1, 0.15) is 62.0 Å². The Kier molecular flexibility index (Phi) is 5.28. The lowest BCUT2D eigenvalue weighted by atomic mass is 9.90. The van der Waals surface area contributed by atoms with Crippen LogP contribution in [0.5, 0.6) is 0 Å². The molecule has 1 saturated carbocycles. The van der Waals surface area contributed by atoms with Gasteiger partial charge in [0.05, 0.1) is 6.54 Å². The first-order valence-corrected chi connectivity index (χ1v) is 11.8. The van der Waals surface area contributed by atoms with Crippen LogP contribution in [0, 0.1) is 0 Å². The second kappa shape index (κ2) is 8.12. The summed E-state index contributed by atoms with van der Waals surface area (Å²) in [5.41, 5.74) is 2.55. The number of fused-ring (bicyclic) bond motifs is 3. The molecule has 2 heterocycles. The van der Waals surface area contributed by atoms with Gasteiger partial charge in [-0.1, -0.05) is 56.5 Å². The second-order valence-electron chi connectivity index (χ2n) is 9.42. The van der Waals surface area contributed by atoms with Gasteiger partial charge in [-0.25, -0.2) is 0 Å². The van der Waals surface area contributed by atoms with Gasteiger partial charge in [0.25, 0.3) is 5.91 Å². The minimum absolute atomic E-state index is 0.0666. The van der Waals surface area contributed by atoms with E-state index in [0.717, 1.165) is 54.3 Å². The summed E-state index contributed by atoms with van der Waals surface area (Å²) in [7, 11) is 0. The first-order valence-electron chi connectivity index (χ1n) is 11.8. The minimum Gasteiger partial charge on any atom is -0.351 e. The molecule has 5 heteroatoms. The van der Waals surface area contributed by atoms with Crippen molar-refractivity contribution in [1.82, 2.24) is 9.88 Å². The summed E-state index contributed by atoms with van der Waals surface area (Å²) < 4.78 is 2.03. The van der Waals surface area contributed by atoms with E-state index >= 15 is 0 Å². The highest BCUT2D eigenvalue weighted by molar-refractivity contribution is 6.14. The third kappa shape index (κ3) is 3.40. The smallest absolute Gasteiger partial charge is 0.275 e. The van der Waals surface area contributed by atoms with Gasteiger partial charge in [0.1, 0.15) is 11.2 Å². The summed E-state index contributed by atoms with van der Waals surface area (Å²) in [4.78, 5) is 29.5. The summed E-state index contributed by atoms with van der Waals surface area (Å²) in [5, 5.41) is 4.33. The Morgan fingerprint density at radius 1 is 1.06 bits per heavy atom. The lowest BCUT2D eigenvalue weighted by Crippen LogP contribution is -2.65. The zero-order valence-corrected chi connectivity index (χ0v) is 18.9. The average Bonchev–Trinajstić information content (AvgIpc) is 3.18. The van der Waals surface area contributed by atoms with Gasteiger partial charge in [0.2, 0.25) is 5.91 Å². The highest BCUT2D eigenvalue weighted by atomic mass is 16.2. The number of carbonyl (C=O) groups is 2. The van der Waals surface area contributed by atoms with Crippen LogP contribution >= 0.6 is 0 Å². The predicted molar refractivity (Wildman–Crippen MR) is 128 cm³/mol. The van der Waals surface area contributed by atoms with Gasteiger partial charge in [-0.05, 0) is 56.0 Å². The molecule has 3 aromatic rings. The van der Waals surface area contributed by atoms with Crippen LogP contribution < -0.4 is 10.2 Å². The fourth-order valence-electron chi connectivity index (χ4n) is 5.35. The number of carbonyl (C=O) groups excluding carboxylic acids is 2. The first kappa shape index (κ1) is 20.8. The van der Waals surface area contributed by atoms with Gasteiger partial charge in [-0.15, -0.1) is 0 Å². The molecule has 166 valence electrons. The number of hydrogen-bond donors (Lipinski definition) is 1. The Labute approximate surface area is 189 Å². The molecule has 0 saturated heterocycles. The van der Waals surface area contributed by atoms with Gasteiger partial charge in [-0.3, -0.25) is 14.5 Å². The van der Waals surface area contributed by atoms with Crippen LogP contribution in [0.3, 0.4) is 0 Å². The number of hydrogen-bond acceptors (Lipinski definition) is 2. The number of para-hydroxylation sites is 1. The number of aryl methyl sites for hydroxylation is 1. The fraction of sp³-hybridized carbons (Fsp3) is 0.407. The maximum Gasteiger partial charge on any atom is 0.275 e. The summed E-state index contributed by atoms with van der Waals surface area (Å²) >= 11 is 0. The monoisotopic (exact) mass is 429 g/mol. The van der Waals surface area contributed by atoms with Crippen molar-refractivity contribution in [2.75, 3.05) is 4.90 Å². The Balaban J connectivity index is 1.62. The number of aromatic nitrogens is 1. The zero-order valence-electron chi connectivity index (χ0n) is 18.9. The standard InChI is InChI=1S/C27H31N3O2/c1-3-19-10-9-14-22(16-19)30-25(31)24-17-20-11-7-8-15-23(20)29(24)18-27(30,2)26(32)28-21-12-5-4-6-13-21/h7-11,14-17,21H,3-6,12-13,18H2,1-2H3,(H,28,32)/t27-/m0/s1. The van der Waals surface area contributed by atoms with Crippen LogP contribution in [0.25, 0.3) is 10.9 Å². The van der Waals surface area contributed by atoms with Crippen molar-refractivity contribution in [3.05, 3.63) is 65.9 Å². The van der Waals surface area contributed by atoms with Crippen molar-refractivity contribution < 1.29 is 9.59 Å². The highest BCUT2D eigenvalue weighted by Gasteiger charge is 2.49. The van der Waals surface area contributed by atoms with Crippen molar-refractivity contribution >= 4 is 28.4 Å². The largest absolute Gasteiger partial charge is 0.351 e. The van der Waals surface area contributed by atoms with E-state index in [-0.39, 0.29) is 17.9 Å². The molecule has 2 amide bonds. The normalized spacial score (nSPS) is 21.6. The van der Waals surface area contributed by atoms with E-state index < -0.39 is 5.54 Å². The molecule has 1 aliphatic heterocycles. The molecule has 5 nitrogen and oxygen atoms in total. The molecule has 1 aromatic heterocycles. The molecule has 0 radical (unpaired) electrons. The van der Waals surface area contributed by atoms with Crippen molar-refractivity contribution in [3.63, 3.8) is 0 Å². The molecule has 1 aliphatic carbocycles. The zero-order chi connectivity index (χ0) is 22.3. The number of amides is 2. The average molecular weight is 430 g/mol. The van der Waals surface area contributed by atoms with Gasteiger partial charge in [0.15, 0.2) is 0 Å². The fourth-order valence-corrected chi connectivity index (χ4v) is 5.35. The van der Waals surface area contributed by atoms with E-state index in [9.17, 15) is 9.59 Å². The third-order valence-electron chi connectivity index (χ3n) is 7.20. The van der Waals surface area contributed by atoms with E-state index in [1.54, 1.807) is 4.90 Å². The lowest BCUT2D eigenvalue weighted by molar-refractivity contribution is -0.127. The van der Waals surface area contributed by atoms with Crippen LogP contribution in [0.15, 0.2) is 54.6 Å². The number of nitrogens with one attached hydrogen (secondary N) is 1. The molecule has 1 atom stereocenters. The Morgan fingerprint density at radius 2 is 1.84 bits per heavy atom. The van der Waals surface area contributed by atoms with Gasteiger partial charge < -0.3 is 9.88 Å². The highest BCUT2D eigenvalue weighted by Crippen LogP contribution is 2.36. The van der Waals surface area contributed by atoms with E-state index in [1.807, 2.05) is 60.0 Å². The number of anilines is 1. The molecular weight excluding hydrogens is 398 g/mol. The molecule has 1 N–H and O–H groups in total. The van der Waals surface area contributed by atoms with Gasteiger partial charge in [0, 0.05) is 22.6 Å². The quantitative estimate of drug-likeness (QED) is 0.629. The van der Waals surface area contributed by atoms with E-state index in [1.165, 1.54) is 6.42 Å². The van der Waals surface area contributed by atoms with Crippen LogP contribution in [0.4, 0.5) is 5.69 Å². The number of rotatable bonds is 4. The first-order chi connectivity index (χ1) is 15.5. The summed E-state index contributed by atoms with van der Waals surface area (Å²) in [6, 6.07) is 18.2. The maximum atomic E-state index is 13.9. The topological polar surface area (TPSA) is 54.3 Å². The van der Waals surface area contributed by atoms with Crippen molar-refractivity contribution in [1.29, 1.82) is 0 Å².